The molecule has 1 atom stereocenters. The summed E-state index contributed by atoms with van der Waals surface area (Å²) in [5.74, 6) is 1.91. The summed E-state index contributed by atoms with van der Waals surface area (Å²) in [6, 6.07) is 13.9. The third kappa shape index (κ3) is 3.22. The smallest absolute Gasteiger partial charge is 0.226 e. The van der Waals surface area contributed by atoms with E-state index >= 15 is 0 Å². The van der Waals surface area contributed by atoms with E-state index in [-0.39, 0.29) is 11.8 Å². The molecule has 2 heterocycles. The van der Waals surface area contributed by atoms with E-state index < -0.39 is 0 Å². The van der Waals surface area contributed by atoms with E-state index in [1.54, 1.807) is 32.3 Å². The number of methoxy groups -OCH3 is 2. The quantitative estimate of drug-likeness (QED) is 0.660. The van der Waals surface area contributed by atoms with Crippen LogP contribution in [0, 0.1) is 0 Å². The molecule has 144 valence electrons. The molecule has 1 N–H and O–H groups in total. The van der Waals surface area contributed by atoms with Gasteiger partial charge in [-0.05, 0) is 36.1 Å². The van der Waals surface area contributed by atoms with Crippen LogP contribution in [0.1, 0.15) is 23.6 Å². The highest BCUT2D eigenvalue weighted by atomic mass is 32.2. The van der Waals surface area contributed by atoms with Crippen LogP contribution >= 0.6 is 11.8 Å². The first kappa shape index (κ1) is 18.4. The van der Waals surface area contributed by atoms with E-state index in [9.17, 15) is 4.79 Å². The van der Waals surface area contributed by atoms with Crippen molar-refractivity contribution in [3.8, 4) is 17.2 Å². The molecule has 3 aromatic rings. The van der Waals surface area contributed by atoms with Crippen molar-refractivity contribution in [1.29, 1.82) is 0 Å². The highest BCUT2D eigenvalue weighted by Crippen LogP contribution is 2.39. The fraction of sp³-hybridized carbons (Fsp3) is 0.238. The summed E-state index contributed by atoms with van der Waals surface area (Å²) >= 11 is 1.70. The molecule has 0 saturated heterocycles. The molecule has 2 aromatic carbocycles. The molecule has 0 unspecified atom stereocenters. The maximum absolute atomic E-state index is 12.5. The van der Waals surface area contributed by atoms with Gasteiger partial charge in [0.1, 0.15) is 23.6 Å². The van der Waals surface area contributed by atoms with Crippen LogP contribution in [-0.2, 0) is 4.79 Å². The van der Waals surface area contributed by atoms with E-state index in [1.165, 1.54) is 4.90 Å². The number of thioether (sulfide) groups is 1. The number of fused-ring (bicyclic) bond motifs is 1. The van der Waals surface area contributed by atoms with Crippen LogP contribution in [0.5, 0.6) is 11.5 Å². The maximum atomic E-state index is 12.5. The zero-order valence-electron chi connectivity index (χ0n) is 15.9. The van der Waals surface area contributed by atoms with Crippen LogP contribution in [0.25, 0.3) is 5.69 Å². The van der Waals surface area contributed by atoms with Crippen LogP contribution in [0.2, 0.25) is 0 Å². The largest absolute Gasteiger partial charge is 0.497 e. The van der Waals surface area contributed by atoms with Crippen molar-refractivity contribution in [2.75, 3.05) is 25.8 Å². The van der Waals surface area contributed by atoms with Gasteiger partial charge in [0.2, 0.25) is 5.91 Å². The molecule has 0 bridgehead atoms. The second kappa shape index (κ2) is 7.59. The van der Waals surface area contributed by atoms with Crippen LogP contribution in [0.4, 0.5) is 5.82 Å². The standard InChI is InChI=1S/C21H21N3O3S/c1-26-14-6-9-17(18(10-14)27-2)24-12-22-20-16(11-19(25)23-21(20)24)13-4-7-15(28-3)8-5-13/h4-10,12,16H,11H2,1-3H3,(H,23,25)/t16-/m0/s1. The van der Waals surface area contributed by atoms with E-state index in [0.29, 0.717) is 23.7 Å². The highest BCUT2D eigenvalue weighted by Gasteiger charge is 2.31. The average molecular weight is 395 g/mol. The summed E-state index contributed by atoms with van der Waals surface area (Å²) in [4.78, 5) is 18.3. The number of nitrogens with zero attached hydrogens (tertiary/aromatic N) is 2. The molecule has 0 saturated carbocycles. The summed E-state index contributed by atoms with van der Waals surface area (Å²) in [6.45, 7) is 0. The number of hydrogen-bond donors (Lipinski definition) is 1. The molecule has 0 aliphatic carbocycles. The van der Waals surface area contributed by atoms with Crippen molar-refractivity contribution in [2.45, 2.75) is 17.2 Å². The van der Waals surface area contributed by atoms with E-state index in [4.69, 9.17) is 9.47 Å². The minimum Gasteiger partial charge on any atom is -0.497 e. The number of hydrogen-bond acceptors (Lipinski definition) is 5. The molecule has 0 fully saturated rings. The number of imidazole rings is 1. The van der Waals surface area contributed by atoms with E-state index in [0.717, 1.165) is 16.9 Å². The van der Waals surface area contributed by atoms with Crippen LogP contribution in [0.15, 0.2) is 53.7 Å². The van der Waals surface area contributed by atoms with Gasteiger partial charge in [-0.25, -0.2) is 4.98 Å². The van der Waals surface area contributed by atoms with Crippen LogP contribution in [-0.4, -0.2) is 35.9 Å². The predicted molar refractivity (Wildman–Crippen MR) is 110 cm³/mol. The lowest BCUT2D eigenvalue weighted by molar-refractivity contribution is -0.116. The molecule has 1 aromatic heterocycles. The lowest BCUT2D eigenvalue weighted by Crippen LogP contribution is -2.25. The Kier molecular flexibility index (Phi) is 5.00. The van der Waals surface area contributed by atoms with Gasteiger partial charge >= 0.3 is 0 Å². The number of rotatable bonds is 5. The Morgan fingerprint density at radius 1 is 1.14 bits per heavy atom. The van der Waals surface area contributed by atoms with Gasteiger partial charge in [0.25, 0.3) is 0 Å². The Hall–Kier alpha value is -2.93. The van der Waals surface area contributed by atoms with Gasteiger partial charge in [-0.15, -0.1) is 11.8 Å². The predicted octanol–water partition coefficient (Wildman–Crippen LogP) is 4.09. The zero-order valence-corrected chi connectivity index (χ0v) is 16.7. The first-order valence-corrected chi connectivity index (χ1v) is 10.1. The molecular formula is C21H21N3O3S. The van der Waals surface area contributed by atoms with Crippen molar-refractivity contribution in [3.63, 3.8) is 0 Å². The molecule has 0 radical (unpaired) electrons. The second-order valence-corrected chi connectivity index (χ2v) is 7.34. The molecule has 6 nitrogen and oxygen atoms in total. The first-order chi connectivity index (χ1) is 13.6. The van der Waals surface area contributed by atoms with Crippen molar-refractivity contribution in [2.24, 2.45) is 0 Å². The van der Waals surface area contributed by atoms with Crippen LogP contribution < -0.4 is 14.8 Å². The summed E-state index contributed by atoms with van der Waals surface area (Å²) in [6.07, 6.45) is 4.15. The Balaban J connectivity index is 1.78. The number of anilines is 1. The van der Waals surface area contributed by atoms with E-state index in [1.807, 2.05) is 29.0 Å². The lowest BCUT2D eigenvalue weighted by Gasteiger charge is -2.24. The monoisotopic (exact) mass is 395 g/mol. The van der Waals surface area contributed by atoms with E-state index in [2.05, 4.69) is 34.6 Å². The van der Waals surface area contributed by atoms with Crippen molar-refractivity contribution in [1.82, 2.24) is 9.55 Å². The topological polar surface area (TPSA) is 65.4 Å². The molecule has 1 aliphatic rings. The third-order valence-electron chi connectivity index (χ3n) is 4.94. The first-order valence-electron chi connectivity index (χ1n) is 8.88. The van der Waals surface area contributed by atoms with Gasteiger partial charge in [-0.2, -0.15) is 0 Å². The number of carbonyl (C=O) groups excluding carboxylic acids is 1. The molecule has 28 heavy (non-hydrogen) atoms. The van der Waals surface area contributed by atoms with Gasteiger partial charge in [-0.3, -0.25) is 9.36 Å². The van der Waals surface area contributed by atoms with Crippen LogP contribution in [0.3, 0.4) is 0 Å². The van der Waals surface area contributed by atoms with Crippen molar-refractivity contribution < 1.29 is 14.3 Å². The third-order valence-corrected chi connectivity index (χ3v) is 5.68. The van der Waals surface area contributed by atoms with Crippen molar-refractivity contribution >= 4 is 23.5 Å². The second-order valence-electron chi connectivity index (χ2n) is 6.46. The SMILES string of the molecule is COc1ccc(-n2cnc3c2NC(=O)C[C@H]3c2ccc(SC)cc2)c(OC)c1. The fourth-order valence-electron chi connectivity index (χ4n) is 3.49. The average Bonchev–Trinajstić information content (AvgIpc) is 3.16. The Morgan fingerprint density at radius 3 is 2.61 bits per heavy atom. The molecule has 1 aliphatic heterocycles. The summed E-state index contributed by atoms with van der Waals surface area (Å²) in [5, 5.41) is 2.98. The number of nitrogens with one attached hydrogen (secondary N) is 1. The van der Waals surface area contributed by atoms with Gasteiger partial charge < -0.3 is 14.8 Å². The minimum atomic E-state index is -0.0786. The number of benzene rings is 2. The summed E-state index contributed by atoms with van der Waals surface area (Å²) in [7, 11) is 3.22. The van der Waals surface area contributed by atoms with Gasteiger partial charge in [0.05, 0.1) is 25.6 Å². The number of ether oxygens (including phenoxy) is 2. The zero-order chi connectivity index (χ0) is 19.7. The molecule has 0 spiro atoms. The minimum absolute atomic E-state index is 0.0272. The van der Waals surface area contributed by atoms with Crippen molar-refractivity contribution in [3.05, 3.63) is 60.0 Å². The van der Waals surface area contributed by atoms with Gasteiger partial charge in [0, 0.05) is 23.3 Å². The Bertz CT molecular complexity index is 1010. The Morgan fingerprint density at radius 2 is 1.93 bits per heavy atom. The summed E-state index contributed by atoms with van der Waals surface area (Å²) < 4.78 is 12.7. The molecular weight excluding hydrogens is 374 g/mol. The molecule has 1 amide bonds. The van der Waals surface area contributed by atoms with Gasteiger partial charge in [0.15, 0.2) is 0 Å². The Labute approximate surface area is 167 Å². The fourth-order valence-corrected chi connectivity index (χ4v) is 3.89. The highest BCUT2D eigenvalue weighted by molar-refractivity contribution is 7.98. The number of carbonyl (C=O) groups is 1. The normalized spacial score (nSPS) is 15.7. The molecule has 4 rings (SSSR count). The number of aromatic nitrogens is 2. The maximum Gasteiger partial charge on any atom is 0.226 e. The van der Waals surface area contributed by atoms with Gasteiger partial charge in [-0.1, -0.05) is 12.1 Å². The molecule has 7 heteroatoms. The lowest BCUT2D eigenvalue weighted by atomic mass is 9.90. The number of amides is 1. The summed E-state index contributed by atoms with van der Waals surface area (Å²) in [5.41, 5.74) is 2.73.